The Morgan fingerprint density at radius 3 is 2.62 bits per heavy atom. The van der Waals surface area contributed by atoms with E-state index in [1.54, 1.807) is 12.3 Å². The number of nitrogens with two attached hydrogens (primary N) is 1. The summed E-state index contributed by atoms with van der Waals surface area (Å²) >= 11 is 5.79. The van der Waals surface area contributed by atoms with Crippen molar-refractivity contribution < 1.29 is 0 Å². The van der Waals surface area contributed by atoms with E-state index in [9.17, 15) is 0 Å². The SMILES string of the molecule is Nc1ccnc(NCc2ccc(Cl)cc2)n1. The third-order valence-corrected chi connectivity index (χ3v) is 2.29. The molecule has 4 nitrogen and oxygen atoms in total. The van der Waals surface area contributed by atoms with Crippen molar-refractivity contribution >= 4 is 23.4 Å². The zero-order valence-electron chi connectivity index (χ0n) is 8.52. The van der Waals surface area contributed by atoms with Crippen LogP contribution in [0.15, 0.2) is 36.5 Å². The molecule has 0 spiro atoms. The number of nitrogens with zero attached hydrogens (tertiary/aromatic N) is 2. The monoisotopic (exact) mass is 234 g/mol. The summed E-state index contributed by atoms with van der Waals surface area (Å²) in [5, 5.41) is 3.80. The van der Waals surface area contributed by atoms with Gasteiger partial charge in [-0.2, -0.15) is 4.98 Å². The number of rotatable bonds is 3. The molecule has 1 aromatic carbocycles. The van der Waals surface area contributed by atoms with Gasteiger partial charge in [-0.15, -0.1) is 0 Å². The molecule has 2 rings (SSSR count). The van der Waals surface area contributed by atoms with Gasteiger partial charge in [0.15, 0.2) is 0 Å². The number of hydrogen-bond acceptors (Lipinski definition) is 4. The molecule has 0 fully saturated rings. The minimum Gasteiger partial charge on any atom is -0.384 e. The quantitative estimate of drug-likeness (QED) is 0.856. The van der Waals surface area contributed by atoms with Crippen LogP contribution in [0.2, 0.25) is 5.02 Å². The second-order valence-electron chi connectivity index (χ2n) is 3.29. The van der Waals surface area contributed by atoms with Gasteiger partial charge in [-0.3, -0.25) is 0 Å². The van der Waals surface area contributed by atoms with Crippen LogP contribution in [0.3, 0.4) is 0 Å². The first kappa shape index (κ1) is 10.7. The van der Waals surface area contributed by atoms with Crippen LogP contribution in [0.5, 0.6) is 0 Å². The molecule has 0 aliphatic rings. The third kappa shape index (κ3) is 2.84. The number of aromatic nitrogens is 2. The highest BCUT2D eigenvalue weighted by Crippen LogP contribution is 2.10. The van der Waals surface area contributed by atoms with Crippen molar-refractivity contribution in [2.24, 2.45) is 0 Å². The van der Waals surface area contributed by atoms with Crippen LogP contribution in [-0.4, -0.2) is 9.97 Å². The standard InChI is InChI=1S/C11H11ClN4/c12-9-3-1-8(2-4-9)7-15-11-14-6-5-10(13)16-11/h1-6H,7H2,(H3,13,14,15,16). The molecule has 1 heterocycles. The average molecular weight is 235 g/mol. The Hall–Kier alpha value is -1.81. The molecule has 0 bridgehead atoms. The van der Waals surface area contributed by atoms with E-state index in [1.807, 2.05) is 24.3 Å². The lowest BCUT2D eigenvalue weighted by Gasteiger charge is -2.04. The largest absolute Gasteiger partial charge is 0.384 e. The number of nitrogen functional groups attached to an aromatic ring is 1. The van der Waals surface area contributed by atoms with Gasteiger partial charge in [0.25, 0.3) is 0 Å². The van der Waals surface area contributed by atoms with Gasteiger partial charge in [-0.1, -0.05) is 23.7 Å². The number of hydrogen-bond donors (Lipinski definition) is 2. The smallest absolute Gasteiger partial charge is 0.224 e. The molecule has 0 saturated carbocycles. The zero-order valence-corrected chi connectivity index (χ0v) is 9.28. The Morgan fingerprint density at radius 2 is 1.94 bits per heavy atom. The molecule has 5 heteroatoms. The Kier molecular flexibility index (Phi) is 3.22. The molecule has 82 valence electrons. The van der Waals surface area contributed by atoms with Gasteiger partial charge in [0.2, 0.25) is 5.95 Å². The van der Waals surface area contributed by atoms with E-state index in [1.165, 1.54) is 0 Å². The van der Waals surface area contributed by atoms with Crippen molar-refractivity contribution in [2.45, 2.75) is 6.54 Å². The van der Waals surface area contributed by atoms with Gasteiger partial charge in [-0.05, 0) is 23.8 Å². The van der Waals surface area contributed by atoms with E-state index < -0.39 is 0 Å². The van der Waals surface area contributed by atoms with E-state index in [0.717, 1.165) is 10.6 Å². The van der Waals surface area contributed by atoms with Crippen molar-refractivity contribution in [1.29, 1.82) is 0 Å². The maximum atomic E-state index is 5.79. The normalized spacial score (nSPS) is 10.1. The fourth-order valence-corrected chi connectivity index (χ4v) is 1.37. The topological polar surface area (TPSA) is 63.8 Å². The highest BCUT2D eigenvalue weighted by Gasteiger charge is 1.97. The molecule has 0 aliphatic carbocycles. The minimum atomic E-state index is 0.452. The van der Waals surface area contributed by atoms with Gasteiger partial charge in [0, 0.05) is 17.8 Å². The predicted octanol–water partition coefficient (Wildman–Crippen LogP) is 2.32. The Bertz CT molecular complexity index is 470. The Balaban J connectivity index is 1.99. The number of benzene rings is 1. The van der Waals surface area contributed by atoms with E-state index in [2.05, 4.69) is 15.3 Å². The summed E-state index contributed by atoms with van der Waals surface area (Å²) in [5.41, 5.74) is 6.65. The van der Waals surface area contributed by atoms with Crippen molar-refractivity contribution in [3.8, 4) is 0 Å². The van der Waals surface area contributed by atoms with Crippen LogP contribution >= 0.6 is 11.6 Å². The summed E-state index contributed by atoms with van der Waals surface area (Å²) in [4.78, 5) is 8.08. The van der Waals surface area contributed by atoms with Crippen LogP contribution < -0.4 is 11.1 Å². The van der Waals surface area contributed by atoms with Gasteiger partial charge >= 0.3 is 0 Å². The third-order valence-electron chi connectivity index (χ3n) is 2.04. The van der Waals surface area contributed by atoms with Crippen LogP contribution in [0.4, 0.5) is 11.8 Å². The Labute approximate surface area is 98.5 Å². The van der Waals surface area contributed by atoms with Crippen molar-refractivity contribution in [2.75, 3.05) is 11.1 Å². The highest BCUT2D eigenvalue weighted by atomic mass is 35.5. The first-order valence-corrected chi connectivity index (χ1v) is 5.19. The lowest BCUT2D eigenvalue weighted by molar-refractivity contribution is 1.06. The molecular weight excluding hydrogens is 224 g/mol. The summed E-state index contributed by atoms with van der Waals surface area (Å²) in [5.74, 6) is 0.976. The maximum Gasteiger partial charge on any atom is 0.224 e. The van der Waals surface area contributed by atoms with Crippen molar-refractivity contribution in [3.63, 3.8) is 0 Å². The van der Waals surface area contributed by atoms with Gasteiger partial charge < -0.3 is 11.1 Å². The first-order valence-electron chi connectivity index (χ1n) is 4.81. The average Bonchev–Trinajstić information content (AvgIpc) is 2.28. The summed E-state index contributed by atoms with van der Waals surface area (Å²) in [6, 6.07) is 9.23. The molecular formula is C11H11ClN4. The van der Waals surface area contributed by atoms with Gasteiger partial charge in [0.05, 0.1) is 0 Å². The van der Waals surface area contributed by atoms with Crippen molar-refractivity contribution in [1.82, 2.24) is 9.97 Å². The lowest BCUT2D eigenvalue weighted by atomic mass is 10.2. The molecule has 2 aromatic rings. The van der Waals surface area contributed by atoms with Gasteiger partial charge in [0.1, 0.15) is 5.82 Å². The number of nitrogens with one attached hydrogen (secondary N) is 1. The van der Waals surface area contributed by atoms with Crippen LogP contribution in [-0.2, 0) is 6.54 Å². The lowest BCUT2D eigenvalue weighted by Crippen LogP contribution is -2.04. The molecule has 0 atom stereocenters. The minimum absolute atomic E-state index is 0.452. The van der Waals surface area contributed by atoms with E-state index >= 15 is 0 Å². The fourth-order valence-electron chi connectivity index (χ4n) is 1.24. The summed E-state index contributed by atoms with van der Waals surface area (Å²) in [7, 11) is 0. The predicted molar refractivity (Wildman–Crippen MR) is 65.2 cm³/mol. The number of anilines is 2. The van der Waals surface area contributed by atoms with E-state index in [0.29, 0.717) is 18.3 Å². The second-order valence-corrected chi connectivity index (χ2v) is 3.72. The van der Waals surface area contributed by atoms with Crippen molar-refractivity contribution in [3.05, 3.63) is 47.1 Å². The molecule has 0 aliphatic heterocycles. The highest BCUT2D eigenvalue weighted by molar-refractivity contribution is 6.30. The molecule has 0 amide bonds. The van der Waals surface area contributed by atoms with E-state index in [4.69, 9.17) is 17.3 Å². The fraction of sp³-hybridized carbons (Fsp3) is 0.0909. The summed E-state index contributed by atoms with van der Waals surface area (Å²) in [6.07, 6.45) is 1.62. The zero-order chi connectivity index (χ0) is 11.4. The molecule has 0 radical (unpaired) electrons. The summed E-state index contributed by atoms with van der Waals surface area (Å²) < 4.78 is 0. The summed E-state index contributed by atoms with van der Waals surface area (Å²) in [6.45, 7) is 0.640. The number of halogens is 1. The van der Waals surface area contributed by atoms with Crippen LogP contribution in [0.25, 0.3) is 0 Å². The van der Waals surface area contributed by atoms with E-state index in [-0.39, 0.29) is 0 Å². The molecule has 3 N–H and O–H groups in total. The van der Waals surface area contributed by atoms with Gasteiger partial charge in [-0.25, -0.2) is 4.98 Å². The van der Waals surface area contributed by atoms with Crippen LogP contribution in [0, 0.1) is 0 Å². The second kappa shape index (κ2) is 4.81. The molecule has 0 unspecified atom stereocenters. The molecule has 16 heavy (non-hydrogen) atoms. The maximum absolute atomic E-state index is 5.79. The first-order chi connectivity index (χ1) is 7.74. The molecule has 0 saturated heterocycles. The Morgan fingerprint density at radius 1 is 1.19 bits per heavy atom. The van der Waals surface area contributed by atoms with Crippen LogP contribution in [0.1, 0.15) is 5.56 Å². The molecule has 1 aromatic heterocycles.